The Bertz CT molecular complexity index is 220. The maximum atomic E-state index is 10.2. The summed E-state index contributed by atoms with van der Waals surface area (Å²) in [6.07, 6.45) is -1.57. The molecule has 0 heterocycles. The summed E-state index contributed by atoms with van der Waals surface area (Å²) in [5.41, 5.74) is 0. The van der Waals surface area contributed by atoms with Crippen LogP contribution in [0.15, 0.2) is 0 Å². The molecule has 2 N–H and O–H groups in total. The third kappa shape index (κ3) is 9.68. The summed E-state index contributed by atoms with van der Waals surface area (Å²) in [4.78, 5) is 10.2. The third-order valence-corrected chi connectivity index (χ3v) is 1.08. The zero-order valence-electron chi connectivity index (χ0n) is 10.1. The molecule has 0 aromatic carbocycles. The van der Waals surface area contributed by atoms with Crippen LogP contribution in [0.3, 0.4) is 0 Å². The van der Waals surface area contributed by atoms with Crippen molar-refractivity contribution in [3.8, 4) is 0 Å². The van der Waals surface area contributed by atoms with Crippen molar-refractivity contribution in [3.05, 3.63) is 0 Å². The van der Waals surface area contributed by atoms with E-state index >= 15 is 0 Å². The average molecular weight is 201 g/mol. The van der Waals surface area contributed by atoms with E-state index in [4.69, 9.17) is 9.22 Å². The van der Waals surface area contributed by atoms with Crippen LogP contribution in [0.4, 0.5) is 0 Å². The fraction of sp³-hybridized carbons (Fsp3) is 0.857. The summed E-state index contributed by atoms with van der Waals surface area (Å²) in [5.74, 6) is -1.14. The van der Waals surface area contributed by atoms with E-state index in [-0.39, 0.29) is 19.0 Å². The zero-order chi connectivity index (χ0) is 11.6. The smallest absolute Gasteiger partial charge is 0.306 e. The highest BCUT2D eigenvalue weighted by atomic mass is 35.5. The van der Waals surface area contributed by atoms with Crippen molar-refractivity contribution < 1.29 is 36.0 Å². The minimum atomic E-state index is -2.25. The molecule has 0 aliphatic rings. The van der Waals surface area contributed by atoms with Gasteiger partial charge in [0.1, 0.15) is 12.6 Å². The van der Waals surface area contributed by atoms with Gasteiger partial charge in [0.25, 0.3) is 0 Å². The van der Waals surface area contributed by atoms with Gasteiger partial charge >= 0.3 is 5.97 Å². The van der Waals surface area contributed by atoms with Crippen molar-refractivity contribution in [2.45, 2.75) is 12.5 Å². The molecule has 74 valence electrons. The standard InChI is InChI=1S/C7H15NO3.ClH/c1-8(2,3)5-6(9)4-7(10)11;/h6,9H,4-5H2,1-3H3;1H/t6-;/m0./s1/i1D3;. The van der Waals surface area contributed by atoms with Gasteiger partial charge in [-0.25, -0.2) is 0 Å². The number of aliphatic carboxylic acids is 1. The lowest BCUT2D eigenvalue weighted by molar-refractivity contribution is -0.873. The minimum Gasteiger partial charge on any atom is -1.00 e. The fourth-order valence-corrected chi connectivity index (χ4v) is 0.793. The Hall–Kier alpha value is -0.320. The maximum absolute atomic E-state index is 10.2. The van der Waals surface area contributed by atoms with Gasteiger partial charge in [0.15, 0.2) is 0 Å². The Kier molecular flexibility index (Phi) is 3.69. The van der Waals surface area contributed by atoms with Gasteiger partial charge in [-0.15, -0.1) is 0 Å². The van der Waals surface area contributed by atoms with Crippen LogP contribution in [0.25, 0.3) is 0 Å². The van der Waals surface area contributed by atoms with Crippen molar-refractivity contribution in [2.75, 3.05) is 27.6 Å². The van der Waals surface area contributed by atoms with Gasteiger partial charge in [-0.3, -0.25) is 4.79 Å². The Morgan fingerprint density at radius 1 is 1.67 bits per heavy atom. The van der Waals surface area contributed by atoms with Crippen molar-refractivity contribution in [1.82, 2.24) is 0 Å². The first-order valence-electron chi connectivity index (χ1n) is 4.79. The van der Waals surface area contributed by atoms with Crippen LogP contribution >= 0.6 is 0 Å². The summed E-state index contributed by atoms with van der Waals surface area (Å²) in [5, 5.41) is 17.6. The largest absolute Gasteiger partial charge is 1.00 e. The molecule has 0 unspecified atom stereocenters. The molecule has 0 spiro atoms. The highest BCUT2D eigenvalue weighted by molar-refractivity contribution is 5.67. The zero-order valence-corrected chi connectivity index (χ0v) is 7.88. The first-order valence-corrected chi connectivity index (χ1v) is 3.29. The highest BCUT2D eigenvalue weighted by Crippen LogP contribution is 1.98. The molecule has 0 rings (SSSR count). The van der Waals surface area contributed by atoms with Crippen molar-refractivity contribution in [1.29, 1.82) is 0 Å². The molecular formula is C7H16ClNO3. The molecule has 0 aliphatic heterocycles. The first kappa shape index (κ1) is 8.29. The van der Waals surface area contributed by atoms with Crippen LogP contribution < -0.4 is 12.4 Å². The van der Waals surface area contributed by atoms with Crippen LogP contribution in [0.2, 0.25) is 0 Å². The Morgan fingerprint density at radius 2 is 2.17 bits per heavy atom. The van der Waals surface area contributed by atoms with E-state index in [1.165, 1.54) is 14.1 Å². The van der Waals surface area contributed by atoms with Gasteiger partial charge in [0, 0.05) is 0 Å². The summed E-state index contributed by atoms with van der Waals surface area (Å²) >= 11 is 0. The molecule has 12 heavy (non-hydrogen) atoms. The van der Waals surface area contributed by atoms with E-state index < -0.39 is 30.0 Å². The second-order valence-electron chi connectivity index (χ2n) is 3.12. The second kappa shape index (κ2) is 5.35. The number of nitrogens with zero attached hydrogens (tertiary/aromatic N) is 1. The Labute approximate surface area is 83.0 Å². The summed E-state index contributed by atoms with van der Waals surface area (Å²) in [7, 11) is 2.86. The molecule has 4 nitrogen and oxygen atoms in total. The molecule has 0 aromatic rings. The second-order valence-corrected chi connectivity index (χ2v) is 3.12. The normalized spacial score (nSPS) is 18.1. The topological polar surface area (TPSA) is 57.5 Å². The molecule has 0 amide bonds. The minimum absolute atomic E-state index is 0. The molecule has 0 bridgehead atoms. The van der Waals surface area contributed by atoms with Crippen LogP contribution in [0, 0.1) is 0 Å². The third-order valence-electron chi connectivity index (χ3n) is 1.08. The van der Waals surface area contributed by atoms with Crippen molar-refractivity contribution in [2.24, 2.45) is 0 Å². The average Bonchev–Trinajstić information content (AvgIpc) is 1.79. The summed E-state index contributed by atoms with van der Waals surface area (Å²) in [6.45, 7) is -2.36. The van der Waals surface area contributed by atoms with Gasteiger partial charge in [0.2, 0.25) is 0 Å². The number of rotatable bonds is 4. The maximum Gasteiger partial charge on any atom is 0.306 e. The van der Waals surface area contributed by atoms with E-state index in [0.29, 0.717) is 0 Å². The predicted molar refractivity (Wildman–Crippen MR) is 41.2 cm³/mol. The summed E-state index contributed by atoms with van der Waals surface area (Å²) in [6, 6.07) is 0. The van der Waals surface area contributed by atoms with Crippen LogP contribution in [-0.2, 0) is 4.79 Å². The van der Waals surface area contributed by atoms with Crippen LogP contribution in [0.1, 0.15) is 10.5 Å². The number of carboxylic acids is 1. The van der Waals surface area contributed by atoms with E-state index in [1.54, 1.807) is 0 Å². The van der Waals surface area contributed by atoms with Crippen molar-refractivity contribution >= 4 is 5.97 Å². The lowest BCUT2D eigenvalue weighted by atomic mass is 10.2. The van der Waals surface area contributed by atoms with E-state index in [1.807, 2.05) is 0 Å². The lowest BCUT2D eigenvalue weighted by Crippen LogP contribution is -3.00. The molecule has 0 aromatic heterocycles. The Morgan fingerprint density at radius 3 is 2.50 bits per heavy atom. The van der Waals surface area contributed by atoms with Crippen LogP contribution in [0.5, 0.6) is 0 Å². The summed E-state index contributed by atoms with van der Waals surface area (Å²) < 4.78 is 21.1. The first-order chi connectivity index (χ1) is 6.06. The number of hydrogen-bond acceptors (Lipinski definition) is 2. The number of carbonyl (C=O) groups is 1. The van der Waals surface area contributed by atoms with Crippen LogP contribution in [-0.4, -0.2) is 54.4 Å². The molecule has 0 saturated heterocycles. The monoisotopic (exact) mass is 200 g/mol. The molecule has 0 fully saturated rings. The van der Waals surface area contributed by atoms with Gasteiger partial charge < -0.3 is 27.1 Å². The molecule has 0 radical (unpaired) electrons. The molecular weight excluding hydrogens is 182 g/mol. The number of quaternary nitrogens is 1. The fourth-order valence-electron chi connectivity index (χ4n) is 0.793. The van der Waals surface area contributed by atoms with E-state index in [0.717, 1.165) is 0 Å². The SMILES string of the molecule is [2H]C([2H])([2H])[N+](C)(C)C[C@@H](O)CC(=O)O.[Cl-]. The molecule has 0 aliphatic carbocycles. The number of likely N-dealkylation sites (N-methyl/N-ethyl adjacent to an activating group) is 1. The lowest BCUT2D eigenvalue weighted by Gasteiger charge is -2.25. The number of carboxylic acid groups (broad SMARTS) is 1. The molecule has 0 saturated carbocycles. The van der Waals surface area contributed by atoms with E-state index in [9.17, 15) is 9.90 Å². The molecule has 5 heteroatoms. The van der Waals surface area contributed by atoms with Gasteiger partial charge in [-0.2, -0.15) is 0 Å². The predicted octanol–water partition coefficient (Wildman–Crippen LogP) is -3.47. The number of aliphatic hydroxyl groups excluding tert-OH is 1. The van der Waals surface area contributed by atoms with Crippen molar-refractivity contribution in [3.63, 3.8) is 0 Å². The highest BCUT2D eigenvalue weighted by Gasteiger charge is 2.17. The van der Waals surface area contributed by atoms with Gasteiger partial charge in [-0.05, 0) is 0 Å². The Balaban J connectivity index is 0. The number of aliphatic hydroxyl groups is 1. The van der Waals surface area contributed by atoms with Gasteiger partial charge in [-0.1, -0.05) is 0 Å². The van der Waals surface area contributed by atoms with Gasteiger partial charge in [0.05, 0.1) is 31.6 Å². The number of hydrogen-bond donors (Lipinski definition) is 2. The molecule has 1 atom stereocenters. The van der Waals surface area contributed by atoms with E-state index in [2.05, 4.69) is 0 Å². The quantitative estimate of drug-likeness (QED) is 0.464. The number of halogens is 1.